The Morgan fingerprint density at radius 3 is 2.54 bits per heavy atom. The molecule has 0 aromatic carbocycles. The van der Waals surface area contributed by atoms with Crippen LogP contribution in [0.25, 0.3) is 0 Å². The summed E-state index contributed by atoms with van der Waals surface area (Å²) in [6.45, 7) is 15.4. The molecule has 0 radical (unpaired) electrons. The van der Waals surface area contributed by atoms with Gasteiger partial charge in [-0.2, -0.15) is 0 Å². The van der Waals surface area contributed by atoms with Gasteiger partial charge in [0.2, 0.25) is 0 Å². The van der Waals surface area contributed by atoms with Crippen molar-refractivity contribution in [3.63, 3.8) is 0 Å². The van der Waals surface area contributed by atoms with E-state index in [0.29, 0.717) is 17.9 Å². The highest BCUT2D eigenvalue weighted by Crippen LogP contribution is 2.34. The van der Waals surface area contributed by atoms with E-state index in [0.717, 1.165) is 13.0 Å². The smallest absolute Gasteiger partial charge is 0.416 e. The van der Waals surface area contributed by atoms with Crippen molar-refractivity contribution in [1.29, 1.82) is 0 Å². The molecule has 1 saturated heterocycles. The van der Waals surface area contributed by atoms with Crippen molar-refractivity contribution >= 4 is 11.9 Å². The van der Waals surface area contributed by atoms with Crippen molar-refractivity contribution in [3.05, 3.63) is 23.9 Å². The normalized spacial score (nSPS) is 19.6. The fourth-order valence-corrected chi connectivity index (χ4v) is 3.50. The summed E-state index contributed by atoms with van der Waals surface area (Å²) in [7, 11) is 0. The molecule has 1 aliphatic heterocycles. The van der Waals surface area contributed by atoms with Crippen LogP contribution >= 0.6 is 0 Å². The highest BCUT2D eigenvalue weighted by molar-refractivity contribution is 5.87. The van der Waals surface area contributed by atoms with Crippen LogP contribution in [-0.4, -0.2) is 40.2 Å². The Hall–Kier alpha value is -1.62. The molecule has 1 fully saturated rings. The SMILES string of the molecule is CCC(C)N(C(=O)OC(C)(C)C)c1ccc(C2CCCN2C(C)C)cn1. The summed E-state index contributed by atoms with van der Waals surface area (Å²) in [6, 6.07) is 5.06. The molecule has 1 aliphatic rings. The Labute approximate surface area is 158 Å². The average molecular weight is 362 g/mol. The molecule has 146 valence electrons. The zero-order chi connectivity index (χ0) is 19.5. The molecule has 5 nitrogen and oxygen atoms in total. The second-order valence-corrected chi connectivity index (χ2v) is 8.55. The molecule has 0 N–H and O–H groups in total. The summed E-state index contributed by atoms with van der Waals surface area (Å²) in [6.07, 6.45) is 4.83. The van der Waals surface area contributed by atoms with E-state index in [2.05, 4.69) is 36.7 Å². The van der Waals surface area contributed by atoms with Crippen LogP contribution in [0.1, 0.15) is 79.3 Å². The summed E-state index contributed by atoms with van der Waals surface area (Å²) in [4.78, 5) is 21.5. The largest absolute Gasteiger partial charge is 0.443 e. The molecular formula is C21H35N3O2. The lowest BCUT2D eigenvalue weighted by atomic mass is 10.1. The third-order valence-corrected chi connectivity index (χ3v) is 4.98. The van der Waals surface area contributed by atoms with Gasteiger partial charge in [0.05, 0.1) is 0 Å². The second kappa shape index (κ2) is 8.38. The van der Waals surface area contributed by atoms with Gasteiger partial charge in [0, 0.05) is 24.3 Å². The maximum absolute atomic E-state index is 12.7. The van der Waals surface area contributed by atoms with E-state index in [9.17, 15) is 4.79 Å². The van der Waals surface area contributed by atoms with Crippen molar-refractivity contribution < 1.29 is 9.53 Å². The first-order chi connectivity index (χ1) is 12.1. The fraction of sp³-hybridized carbons (Fsp3) is 0.714. The van der Waals surface area contributed by atoms with Crippen LogP contribution in [-0.2, 0) is 4.74 Å². The lowest BCUT2D eigenvalue weighted by Crippen LogP contribution is -2.42. The maximum Gasteiger partial charge on any atom is 0.416 e. The number of rotatable bonds is 5. The van der Waals surface area contributed by atoms with Crippen molar-refractivity contribution in [2.45, 2.75) is 91.5 Å². The number of carbonyl (C=O) groups is 1. The Morgan fingerprint density at radius 1 is 1.35 bits per heavy atom. The molecular weight excluding hydrogens is 326 g/mol. The van der Waals surface area contributed by atoms with Gasteiger partial charge >= 0.3 is 6.09 Å². The van der Waals surface area contributed by atoms with Crippen molar-refractivity contribution in [1.82, 2.24) is 9.88 Å². The third-order valence-electron chi connectivity index (χ3n) is 4.98. The van der Waals surface area contributed by atoms with E-state index >= 15 is 0 Å². The van der Waals surface area contributed by atoms with Crippen LogP contribution in [0, 0.1) is 0 Å². The minimum absolute atomic E-state index is 0.0295. The fourth-order valence-electron chi connectivity index (χ4n) is 3.50. The number of anilines is 1. The molecule has 1 aromatic rings. The van der Waals surface area contributed by atoms with Gasteiger partial charge in [0.25, 0.3) is 0 Å². The minimum atomic E-state index is -0.523. The highest BCUT2D eigenvalue weighted by Gasteiger charge is 2.30. The summed E-state index contributed by atoms with van der Waals surface area (Å²) < 4.78 is 5.59. The third kappa shape index (κ3) is 4.97. The molecule has 0 bridgehead atoms. The van der Waals surface area contributed by atoms with Gasteiger partial charge in [-0.1, -0.05) is 13.0 Å². The van der Waals surface area contributed by atoms with E-state index in [1.807, 2.05) is 40.0 Å². The van der Waals surface area contributed by atoms with Gasteiger partial charge in [-0.25, -0.2) is 9.78 Å². The van der Waals surface area contributed by atoms with Crippen LogP contribution in [0.15, 0.2) is 18.3 Å². The first-order valence-electron chi connectivity index (χ1n) is 9.88. The zero-order valence-electron chi connectivity index (χ0n) is 17.5. The Morgan fingerprint density at radius 2 is 2.04 bits per heavy atom. The lowest BCUT2D eigenvalue weighted by molar-refractivity contribution is 0.0566. The molecule has 2 atom stereocenters. The first kappa shape index (κ1) is 20.7. The van der Waals surface area contributed by atoms with Gasteiger partial charge in [0.15, 0.2) is 0 Å². The standard InChI is InChI=1S/C21H35N3O2/c1-8-16(4)24(20(25)26-21(5,6)7)19-12-11-17(14-22-19)18-10-9-13-23(18)15(2)3/h11-12,14-16,18H,8-10,13H2,1-7H3. The maximum atomic E-state index is 12.7. The summed E-state index contributed by atoms with van der Waals surface area (Å²) in [5.41, 5.74) is 0.706. The lowest BCUT2D eigenvalue weighted by Gasteiger charge is -2.31. The number of nitrogens with zero attached hydrogens (tertiary/aromatic N) is 3. The molecule has 0 spiro atoms. The van der Waals surface area contributed by atoms with E-state index in [1.165, 1.54) is 18.4 Å². The summed E-state index contributed by atoms with van der Waals surface area (Å²) in [5.74, 6) is 0.659. The van der Waals surface area contributed by atoms with E-state index in [4.69, 9.17) is 4.74 Å². The van der Waals surface area contributed by atoms with Crippen LogP contribution < -0.4 is 4.90 Å². The number of aromatic nitrogens is 1. The number of likely N-dealkylation sites (tertiary alicyclic amines) is 1. The summed E-state index contributed by atoms with van der Waals surface area (Å²) >= 11 is 0. The number of carbonyl (C=O) groups excluding carboxylic acids is 1. The molecule has 2 heterocycles. The number of amides is 1. The van der Waals surface area contributed by atoms with Gasteiger partial charge in [-0.05, 0) is 79.0 Å². The predicted molar refractivity (Wildman–Crippen MR) is 107 cm³/mol. The quantitative estimate of drug-likeness (QED) is 0.726. The van der Waals surface area contributed by atoms with Crippen LogP contribution in [0.3, 0.4) is 0 Å². The molecule has 1 aromatic heterocycles. The van der Waals surface area contributed by atoms with Crippen molar-refractivity contribution in [3.8, 4) is 0 Å². The predicted octanol–water partition coefficient (Wildman–Crippen LogP) is 5.17. The minimum Gasteiger partial charge on any atom is -0.443 e. The molecule has 2 rings (SSSR count). The Balaban J connectivity index is 2.23. The molecule has 0 aliphatic carbocycles. The molecule has 26 heavy (non-hydrogen) atoms. The molecule has 2 unspecified atom stereocenters. The number of ether oxygens (including phenoxy) is 1. The van der Waals surface area contributed by atoms with Gasteiger partial charge in [-0.3, -0.25) is 9.80 Å². The number of hydrogen-bond donors (Lipinski definition) is 0. The number of hydrogen-bond acceptors (Lipinski definition) is 4. The monoisotopic (exact) mass is 361 g/mol. The van der Waals surface area contributed by atoms with Gasteiger partial charge < -0.3 is 4.74 Å². The van der Waals surface area contributed by atoms with Crippen LogP contribution in [0.4, 0.5) is 10.6 Å². The average Bonchev–Trinajstić information content (AvgIpc) is 3.03. The highest BCUT2D eigenvalue weighted by atomic mass is 16.6. The van der Waals surface area contributed by atoms with Gasteiger partial charge in [0.1, 0.15) is 11.4 Å². The first-order valence-corrected chi connectivity index (χ1v) is 9.88. The molecule has 0 saturated carbocycles. The zero-order valence-corrected chi connectivity index (χ0v) is 17.5. The van der Waals surface area contributed by atoms with Crippen molar-refractivity contribution in [2.24, 2.45) is 0 Å². The van der Waals surface area contributed by atoms with Crippen LogP contribution in [0.2, 0.25) is 0 Å². The van der Waals surface area contributed by atoms with Crippen LogP contribution in [0.5, 0.6) is 0 Å². The molecule has 5 heteroatoms. The van der Waals surface area contributed by atoms with Crippen molar-refractivity contribution in [2.75, 3.05) is 11.4 Å². The molecule has 1 amide bonds. The second-order valence-electron chi connectivity index (χ2n) is 8.55. The Bertz CT molecular complexity index is 592. The number of pyridine rings is 1. The van der Waals surface area contributed by atoms with E-state index < -0.39 is 5.60 Å². The Kier molecular flexibility index (Phi) is 6.67. The topological polar surface area (TPSA) is 45.7 Å². The van der Waals surface area contributed by atoms with Gasteiger partial charge in [-0.15, -0.1) is 0 Å². The van der Waals surface area contributed by atoms with E-state index in [1.54, 1.807) is 4.90 Å². The summed E-state index contributed by atoms with van der Waals surface area (Å²) in [5, 5.41) is 0. The van der Waals surface area contributed by atoms with E-state index in [-0.39, 0.29) is 12.1 Å².